The number of rotatable bonds is 1. The second-order valence-corrected chi connectivity index (χ2v) is 2.27. The van der Waals surface area contributed by atoms with Gasteiger partial charge in [0.1, 0.15) is 0 Å². The Morgan fingerprint density at radius 2 is 2.36 bits per heavy atom. The van der Waals surface area contributed by atoms with Crippen LogP contribution in [0.4, 0.5) is 0 Å². The molecule has 0 amide bonds. The molecule has 4 nitrogen and oxygen atoms in total. The first-order valence-corrected chi connectivity index (χ1v) is 3.21. The summed E-state index contributed by atoms with van der Waals surface area (Å²) in [6.45, 7) is 1.29. The Balaban J connectivity index is 3.23. The first-order valence-electron chi connectivity index (χ1n) is 2.83. The molecule has 0 spiro atoms. The van der Waals surface area contributed by atoms with E-state index in [0.29, 0.717) is 0 Å². The SMILES string of the molecule is CC(=O)c1nc(Cl)ncc1O. The van der Waals surface area contributed by atoms with Crippen molar-refractivity contribution in [2.24, 2.45) is 0 Å². The first kappa shape index (κ1) is 7.94. The molecule has 58 valence electrons. The Labute approximate surface area is 67.9 Å². The average Bonchev–Trinajstić information content (AvgIpc) is 1.94. The van der Waals surface area contributed by atoms with Gasteiger partial charge in [-0.15, -0.1) is 0 Å². The van der Waals surface area contributed by atoms with Crippen molar-refractivity contribution in [1.82, 2.24) is 9.97 Å². The first-order chi connectivity index (χ1) is 5.11. The Morgan fingerprint density at radius 1 is 1.73 bits per heavy atom. The zero-order chi connectivity index (χ0) is 8.43. The minimum absolute atomic E-state index is 0.0481. The number of aromatic hydroxyl groups is 1. The fraction of sp³-hybridized carbons (Fsp3) is 0.167. The van der Waals surface area contributed by atoms with E-state index >= 15 is 0 Å². The molecule has 0 fully saturated rings. The number of aromatic nitrogens is 2. The second kappa shape index (κ2) is 2.84. The number of Topliss-reactive ketones (excluding diaryl/α,β-unsaturated/α-hetero) is 1. The number of halogens is 1. The highest BCUT2D eigenvalue weighted by molar-refractivity contribution is 6.28. The molecular formula is C6H5ClN2O2. The van der Waals surface area contributed by atoms with Crippen LogP contribution in [0.1, 0.15) is 17.4 Å². The predicted octanol–water partition coefficient (Wildman–Crippen LogP) is 1.04. The van der Waals surface area contributed by atoms with Crippen LogP contribution in [0, 0.1) is 0 Å². The van der Waals surface area contributed by atoms with Crippen LogP contribution in [-0.2, 0) is 0 Å². The van der Waals surface area contributed by atoms with Gasteiger partial charge in [0.05, 0.1) is 6.20 Å². The smallest absolute Gasteiger partial charge is 0.223 e. The van der Waals surface area contributed by atoms with Crippen molar-refractivity contribution in [3.05, 3.63) is 17.2 Å². The van der Waals surface area contributed by atoms with Gasteiger partial charge in [-0.2, -0.15) is 0 Å². The van der Waals surface area contributed by atoms with Crippen molar-refractivity contribution >= 4 is 17.4 Å². The Kier molecular flexibility index (Phi) is 2.05. The van der Waals surface area contributed by atoms with Gasteiger partial charge < -0.3 is 5.11 Å². The molecule has 1 rings (SSSR count). The van der Waals surface area contributed by atoms with Crippen molar-refractivity contribution < 1.29 is 9.90 Å². The molecule has 0 atom stereocenters. The zero-order valence-electron chi connectivity index (χ0n) is 5.71. The number of nitrogens with zero attached hydrogens (tertiary/aromatic N) is 2. The highest BCUT2D eigenvalue weighted by atomic mass is 35.5. The standard InChI is InChI=1S/C6H5ClN2O2/c1-3(10)5-4(11)2-8-6(7)9-5/h2,11H,1H3. The lowest BCUT2D eigenvalue weighted by Gasteiger charge is -1.96. The molecule has 1 heterocycles. The van der Waals surface area contributed by atoms with Crippen LogP contribution in [0.25, 0.3) is 0 Å². The third kappa shape index (κ3) is 1.65. The van der Waals surface area contributed by atoms with Crippen LogP contribution in [0.5, 0.6) is 5.75 Å². The maximum atomic E-state index is 10.7. The third-order valence-corrected chi connectivity index (χ3v) is 1.26. The molecular weight excluding hydrogens is 168 g/mol. The monoisotopic (exact) mass is 172 g/mol. The molecule has 0 aliphatic carbocycles. The van der Waals surface area contributed by atoms with E-state index < -0.39 is 0 Å². The minimum Gasteiger partial charge on any atom is -0.504 e. The van der Waals surface area contributed by atoms with Crippen LogP contribution < -0.4 is 0 Å². The van der Waals surface area contributed by atoms with Gasteiger partial charge in [0.25, 0.3) is 0 Å². The topological polar surface area (TPSA) is 63.1 Å². The van der Waals surface area contributed by atoms with Gasteiger partial charge in [0.15, 0.2) is 17.2 Å². The summed E-state index contributed by atoms with van der Waals surface area (Å²) in [4.78, 5) is 17.7. The Morgan fingerprint density at radius 3 is 2.82 bits per heavy atom. The highest BCUT2D eigenvalue weighted by Crippen LogP contribution is 2.14. The molecule has 1 aromatic heterocycles. The van der Waals surface area contributed by atoms with Crippen LogP contribution >= 0.6 is 11.6 Å². The summed E-state index contributed by atoms with van der Waals surface area (Å²) in [5.41, 5.74) is -0.0509. The molecule has 1 N–H and O–H groups in total. The van der Waals surface area contributed by atoms with Crippen molar-refractivity contribution in [1.29, 1.82) is 0 Å². The van der Waals surface area contributed by atoms with E-state index in [0.717, 1.165) is 6.20 Å². The van der Waals surface area contributed by atoms with Gasteiger partial charge >= 0.3 is 0 Å². The fourth-order valence-electron chi connectivity index (χ4n) is 0.613. The Bertz CT molecular complexity index is 301. The van der Waals surface area contributed by atoms with Crippen LogP contribution in [0.2, 0.25) is 5.28 Å². The maximum Gasteiger partial charge on any atom is 0.223 e. The van der Waals surface area contributed by atoms with E-state index in [-0.39, 0.29) is 22.5 Å². The lowest BCUT2D eigenvalue weighted by molar-refractivity contribution is 0.101. The van der Waals surface area contributed by atoms with E-state index in [1.165, 1.54) is 6.92 Å². The van der Waals surface area contributed by atoms with Gasteiger partial charge in [-0.05, 0) is 11.6 Å². The van der Waals surface area contributed by atoms with Crippen molar-refractivity contribution in [2.75, 3.05) is 0 Å². The third-order valence-electron chi connectivity index (χ3n) is 1.07. The molecule has 0 saturated heterocycles. The van der Waals surface area contributed by atoms with E-state index in [4.69, 9.17) is 16.7 Å². The van der Waals surface area contributed by atoms with Crippen LogP contribution in [0.15, 0.2) is 6.20 Å². The lowest BCUT2D eigenvalue weighted by Crippen LogP contribution is -1.98. The molecule has 0 radical (unpaired) electrons. The number of hydrogen-bond acceptors (Lipinski definition) is 4. The van der Waals surface area contributed by atoms with Gasteiger partial charge in [0, 0.05) is 6.92 Å². The summed E-state index contributed by atoms with van der Waals surface area (Å²) in [6, 6.07) is 0. The van der Waals surface area contributed by atoms with Gasteiger partial charge in [-0.25, -0.2) is 9.97 Å². The largest absolute Gasteiger partial charge is 0.504 e. The summed E-state index contributed by atoms with van der Waals surface area (Å²) >= 11 is 5.38. The van der Waals surface area contributed by atoms with E-state index in [1.807, 2.05) is 0 Å². The number of carbonyl (C=O) groups is 1. The highest BCUT2D eigenvalue weighted by Gasteiger charge is 2.08. The molecule has 0 aliphatic heterocycles. The van der Waals surface area contributed by atoms with Gasteiger partial charge in [-0.1, -0.05) is 0 Å². The van der Waals surface area contributed by atoms with Crippen LogP contribution in [-0.4, -0.2) is 20.9 Å². The lowest BCUT2D eigenvalue weighted by atomic mass is 10.3. The van der Waals surface area contributed by atoms with Crippen LogP contribution in [0.3, 0.4) is 0 Å². The zero-order valence-corrected chi connectivity index (χ0v) is 6.46. The van der Waals surface area contributed by atoms with E-state index in [9.17, 15) is 4.79 Å². The molecule has 0 bridgehead atoms. The summed E-state index contributed by atoms with van der Waals surface area (Å²) in [6.07, 6.45) is 1.09. The summed E-state index contributed by atoms with van der Waals surface area (Å²) < 4.78 is 0. The maximum absolute atomic E-state index is 10.7. The number of hydrogen-bond donors (Lipinski definition) is 1. The van der Waals surface area contributed by atoms with Gasteiger partial charge in [0.2, 0.25) is 5.28 Å². The van der Waals surface area contributed by atoms with E-state index in [2.05, 4.69) is 9.97 Å². The Hall–Kier alpha value is -1.16. The van der Waals surface area contributed by atoms with Gasteiger partial charge in [-0.3, -0.25) is 4.79 Å². The quantitative estimate of drug-likeness (QED) is 0.508. The molecule has 0 saturated carbocycles. The molecule has 0 aliphatic rings. The average molecular weight is 173 g/mol. The van der Waals surface area contributed by atoms with Crippen molar-refractivity contribution in [2.45, 2.75) is 6.92 Å². The second-order valence-electron chi connectivity index (χ2n) is 1.93. The summed E-state index contributed by atoms with van der Waals surface area (Å²) in [5.74, 6) is -0.589. The van der Waals surface area contributed by atoms with E-state index in [1.54, 1.807) is 0 Å². The van der Waals surface area contributed by atoms with Crippen molar-refractivity contribution in [3.8, 4) is 5.75 Å². The summed E-state index contributed by atoms with van der Waals surface area (Å²) in [7, 11) is 0. The molecule has 0 aromatic carbocycles. The molecule has 5 heteroatoms. The molecule has 1 aromatic rings. The summed E-state index contributed by atoms with van der Waals surface area (Å²) in [5, 5.41) is 8.95. The minimum atomic E-state index is -0.341. The fourth-order valence-corrected chi connectivity index (χ4v) is 0.746. The molecule has 11 heavy (non-hydrogen) atoms. The predicted molar refractivity (Wildman–Crippen MR) is 38.7 cm³/mol. The number of carbonyl (C=O) groups excluding carboxylic acids is 1. The van der Waals surface area contributed by atoms with Crippen molar-refractivity contribution in [3.63, 3.8) is 0 Å². The normalized spacial score (nSPS) is 9.64. The molecule has 0 unspecified atom stereocenters. The number of ketones is 1.